The smallest absolute Gasteiger partial charge is 0.125 e. The second-order valence-electron chi connectivity index (χ2n) is 6.44. The summed E-state index contributed by atoms with van der Waals surface area (Å²) in [6, 6.07) is 5.28. The Labute approximate surface area is 121 Å². The first-order chi connectivity index (χ1) is 9.72. The molecule has 1 aromatic rings. The molecule has 0 atom stereocenters. The van der Waals surface area contributed by atoms with Gasteiger partial charge in [0.2, 0.25) is 0 Å². The van der Waals surface area contributed by atoms with E-state index in [4.69, 9.17) is 0 Å². The summed E-state index contributed by atoms with van der Waals surface area (Å²) in [4.78, 5) is 2.43. The molecule has 0 saturated carbocycles. The van der Waals surface area contributed by atoms with Crippen molar-refractivity contribution in [3.05, 3.63) is 29.6 Å². The van der Waals surface area contributed by atoms with E-state index in [1.54, 1.807) is 12.1 Å². The molecule has 2 nitrogen and oxygen atoms in total. The minimum absolute atomic E-state index is 0.106. The van der Waals surface area contributed by atoms with Gasteiger partial charge in [-0.1, -0.05) is 19.4 Å². The Kier molecular flexibility index (Phi) is 3.97. The van der Waals surface area contributed by atoms with Gasteiger partial charge in [0.15, 0.2) is 0 Å². The fourth-order valence-electron chi connectivity index (χ4n) is 3.96. The van der Waals surface area contributed by atoms with Gasteiger partial charge in [0.25, 0.3) is 0 Å². The zero-order valence-electron chi connectivity index (χ0n) is 12.4. The average Bonchev–Trinajstić information content (AvgIpc) is 2.82. The maximum absolute atomic E-state index is 13.5. The zero-order chi connectivity index (χ0) is 14.0. The minimum Gasteiger partial charge on any atom is -0.370 e. The van der Waals surface area contributed by atoms with Crippen molar-refractivity contribution in [1.82, 2.24) is 5.32 Å². The van der Waals surface area contributed by atoms with E-state index in [-0.39, 0.29) is 5.82 Å². The standard InChI is InChI=1S/C17H25FN2/c1-2-6-17(7-9-19-10-8-17)13-20-11-5-14-3-4-15(18)12-16(14)20/h3-4,12,19H,2,5-11,13H2,1H3. The van der Waals surface area contributed by atoms with Crippen molar-refractivity contribution >= 4 is 5.69 Å². The van der Waals surface area contributed by atoms with Crippen molar-refractivity contribution in [2.24, 2.45) is 5.41 Å². The minimum atomic E-state index is -0.106. The second kappa shape index (κ2) is 5.72. The molecule has 0 spiro atoms. The molecule has 1 saturated heterocycles. The van der Waals surface area contributed by atoms with Crippen LogP contribution in [0.15, 0.2) is 18.2 Å². The van der Waals surface area contributed by atoms with Crippen molar-refractivity contribution in [3.8, 4) is 0 Å². The van der Waals surface area contributed by atoms with E-state index < -0.39 is 0 Å². The Morgan fingerprint density at radius 2 is 2.10 bits per heavy atom. The zero-order valence-corrected chi connectivity index (χ0v) is 12.4. The van der Waals surface area contributed by atoms with Gasteiger partial charge in [-0.25, -0.2) is 4.39 Å². The summed E-state index contributed by atoms with van der Waals surface area (Å²) in [5, 5.41) is 3.47. The van der Waals surface area contributed by atoms with Gasteiger partial charge < -0.3 is 10.2 Å². The lowest BCUT2D eigenvalue weighted by molar-refractivity contribution is 0.189. The molecule has 0 radical (unpaired) electrons. The van der Waals surface area contributed by atoms with E-state index in [1.165, 1.54) is 31.2 Å². The fraction of sp³-hybridized carbons (Fsp3) is 0.647. The van der Waals surface area contributed by atoms with Crippen LogP contribution in [0.2, 0.25) is 0 Å². The molecule has 1 aromatic carbocycles. The van der Waals surface area contributed by atoms with E-state index >= 15 is 0 Å². The lowest BCUT2D eigenvalue weighted by Crippen LogP contribution is -2.44. The van der Waals surface area contributed by atoms with Gasteiger partial charge in [-0.2, -0.15) is 0 Å². The van der Waals surface area contributed by atoms with E-state index in [0.29, 0.717) is 5.41 Å². The highest BCUT2D eigenvalue weighted by molar-refractivity contribution is 5.58. The summed E-state index contributed by atoms with van der Waals surface area (Å²) >= 11 is 0. The van der Waals surface area contributed by atoms with Crippen molar-refractivity contribution in [3.63, 3.8) is 0 Å². The third-order valence-electron chi connectivity index (χ3n) is 5.01. The first kappa shape index (κ1) is 13.9. The van der Waals surface area contributed by atoms with Gasteiger partial charge in [0.1, 0.15) is 5.82 Å². The molecule has 110 valence electrons. The predicted molar refractivity (Wildman–Crippen MR) is 81.8 cm³/mol. The number of nitrogens with one attached hydrogen (secondary N) is 1. The number of nitrogens with zero attached hydrogens (tertiary/aromatic N) is 1. The van der Waals surface area contributed by atoms with E-state index in [2.05, 4.69) is 17.1 Å². The van der Waals surface area contributed by atoms with Crippen LogP contribution in [0, 0.1) is 11.2 Å². The number of fused-ring (bicyclic) bond motifs is 1. The lowest BCUT2D eigenvalue weighted by atomic mass is 9.75. The molecular weight excluding hydrogens is 251 g/mol. The Morgan fingerprint density at radius 3 is 2.85 bits per heavy atom. The highest BCUT2D eigenvalue weighted by Gasteiger charge is 2.34. The van der Waals surface area contributed by atoms with Crippen LogP contribution in [-0.4, -0.2) is 26.2 Å². The van der Waals surface area contributed by atoms with Gasteiger partial charge in [-0.3, -0.25) is 0 Å². The summed E-state index contributed by atoms with van der Waals surface area (Å²) in [7, 11) is 0. The second-order valence-corrected chi connectivity index (χ2v) is 6.44. The molecule has 2 aliphatic rings. The van der Waals surface area contributed by atoms with E-state index in [1.807, 2.05) is 6.07 Å². The van der Waals surface area contributed by atoms with Crippen LogP contribution in [0.4, 0.5) is 10.1 Å². The third-order valence-corrected chi connectivity index (χ3v) is 5.01. The first-order valence-corrected chi connectivity index (χ1v) is 7.97. The van der Waals surface area contributed by atoms with E-state index in [0.717, 1.165) is 38.3 Å². The third kappa shape index (κ3) is 2.69. The molecule has 20 heavy (non-hydrogen) atoms. The SMILES string of the molecule is CCCC1(CN2CCc3ccc(F)cc32)CCNCC1. The van der Waals surface area contributed by atoms with Gasteiger partial charge in [0.05, 0.1) is 0 Å². The Balaban J connectivity index is 1.79. The summed E-state index contributed by atoms with van der Waals surface area (Å²) in [6.45, 7) is 6.69. The normalized spacial score (nSPS) is 21.0. The van der Waals surface area contributed by atoms with Gasteiger partial charge >= 0.3 is 0 Å². The van der Waals surface area contributed by atoms with Crippen LogP contribution in [0.25, 0.3) is 0 Å². The van der Waals surface area contributed by atoms with Gasteiger partial charge in [-0.15, -0.1) is 0 Å². The monoisotopic (exact) mass is 276 g/mol. The van der Waals surface area contributed by atoms with Crippen LogP contribution in [-0.2, 0) is 6.42 Å². The Morgan fingerprint density at radius 1 is 1.30 bits per heavy atom. The van der Waals surface area contributed by atoms with Gasteiger partial charge in [0, 0.05) is 18.8 Å². The number of halogens is 1. The highest BCUT2D eigenvalue weighted by atomic mass is 19.1. The number of benzene rings is 1. The number of hydrogen-bond acceptors (Lipinski definition) is 2. The Hall–Kier alpha value is -1.09. The molecule has 2 aliphatic heterocycles. The Bertz CT molecular complexity index is 461. The maximum Gasteiger partial charge on any atom is 0.125 e. The quantitative estimate of drug-likeness (QED) is 0.907. The first-order valence-electron chi connectivity index (χ1n) is 7.97. The molecular formula is C17H25FN2. The average molecular weight is 276 g/mol. The van der Waals surface area contributed by atoms with Crippen LogP contribution in [0.1, 0.15) is 38.2 Å². The van der Waals surface area contributed by atoms with Crippen molar-refractivity contribution in [2.75, 3.05) is 31.1 Å². The fourth-order valence-corrected chi connectivity index (χ4v) is 3.96. The molecule has 3 heteroatoms. The molecule has 1 fully saturated rings. The number of anilines is 1. The molecule has 3 rings (SSSR count). The van der Waals surface area contributed by atoms with Crippen molar-refractivity contribution in [1.29, 1.82) is 0 Å². The predicted octanol–water partition coefficient (Wildman–Crippen LogP) is 3.36. The van der Waals surface area contributed by atoms with Crippen LogP contribution in [0.3, 0.4) is 0 Å². The molecule has 0 aromatic heterocycles. The summed E-state index contributed by atoms with van der Waals surface area (Å²) in [5.41, 5.74) is 2.87. The topological polar surface area (TPSA) is 15.3 Å². The summed E-state index contributed by atoms with van der Waals surface area (Å²) < 4.78 is 13.5. The number of rotatable bonds is 4. The van der Waals surface area contributed by atoms with Crippen LogP contribution >= 0.6 is 0 Å². The summed E-state index contributed by atoms with van der Waals surface area (Å²) in [6.07, 6.45) is 6.10. The largest absolute Gasteiger partial charge is 0.370 e. The molecule has 1 N–H and O–H groups in total. The summed E-state index contributed by atoms with van der Waals surface area (Å²) in [5.74, 6) is -0.106. The van der Waals surface area contributed by atoms with Crippen molar-refractivity contribution < 1.29 is 4.39 Å². The number of piperidine rings is 1. The molecule has 0 bridgehead atoms. The number of hydrogen-bond donors (Lipinski definition) is 1. The van der Waals surface area contributed by atoms with Crippen LogP contribution in [0.5, 0.6) is 0 Å². The molecule has 2 heterocycles. The molecule has 0 amide bonds. The van der Waals surface area contributed by atoms with Crippen molar-refractivity contribution in [2.45, 2.75) is 39.0 Å². The molecule has 0 unspecified atom stereocenters. The van der Waals surface area contributed by atoms with Gasteiger partial charge in [-0.05, 0) is 61.9 Å². The van der Waals surface area contributed by atoms with Crippen LogP contribution < -0.4 is 10.2 Å². The van der Waals surface area contributed by atoms with E-state index in [9.17, 15) is 4.39 Å². The molecule has 0 aliphatic carbocycles. The highest BCUT2D eigenvalue weighted by Crippen LogP contribution is 2.38. The lowest BCUT2D eigenvalue weighted by Gasteiger charge is -2.41. The maximum atomic E-state index is 13.5.